The number of hydrogen-bond donors (Lipinski definition) is 2. The lowest BCUT2D eigenvalue weighted by molar-refractivity contribution is 0.0504. The Kier molecular flexibility index (Phi) is 5.93. The van der Waals surface area contributed by atoms with Crippen LogP contribution in [0.5, 0.6) is 0 Å². The van der Waals surface area contributed by atoms with Crippen molar-refractivity contribution in [2.45, 2.75) is 42.5 Å². The van der Waals surface area contributed by atoms with Gasteiger partial charge < -0.3 is 15.4 Å². The normalized spacial score (nSPS) is 20.8. The molecule has 5 heteroatoms. The first-order chi connectivity index (χ1) is 13.7. The van der Waals surface area contributed by atoms with Gasteiger partial charge >= 0.3 is 6.03 Å². The molecule has 28 heavy (non-hydrogen) atoms. The lowest BCUT2D eigenvalue weighted by Gasteiger charge is -2.39. The fourth-order valence-corrected chi connectivity index (χ4v) is 5.55. The van der Waals surface area contributed by atoms with Crippen LogP contribution >= 0.6 is 11.8 Å². The van der Waals surface area contributed by atoms with Gasteiger partial charge in [0.2, 0.25) is 0 Å². The number of rotatable bonds is 4. The van der Waals surface area contributed by atoms with E-state index in [0.717, 1.165) is 38.2 Å². The Hall–Kier alpha value is -1.98. The summed E-state index contributed by atoms with van der Waals surface area (Å²) < 4.78 is 5.62. The highest BCUT2D eigenvalue weighted by molar-refractivity contribution is 7.99. The Balaban J connectivity index is 1.45. The average Bonchev–Trinajstić information content (AvgIpc) is 2.74. The maximum atomic E-state index is 12.8. The van der Waals surface area contributed by atoms with Gasteiger partial charge in [-0.2, -0.15) is 0 Å². The van der Waals surface area contributed by atoms with Crippen molar-refractivity contribution in [3.8, 4) is 0 Å². The Morgan fingerprint density at radius 1 is 1.14 bits per heavy atom. The molecule has 0 radical (unpaired) electrons. The van der Waals surface area contributed by atoms with Crippen LogP contribution in [0.3, 0.4) is 0 Å². The first kappa shape index (κ1) is 19.3. The Morgan fingerprint density at radius 3 is 2.71 bits per heavy atom. The lowest BCUT2D eigenvalue weighted by atomic mass is 9.72. The molecule has 1 fully saturated rings. The van der Waals surface area contributed by atoms with Gasteiger partial charge in [-0.1, -0.05) is 42.5 Å². The van der Waals surface area contributed by atoms with Crippen molar-refractivity contribution in [3.05, 3.63) is 65.2 Å². The third kappa shape index (κ3) is 4.06. The van der Waals surface area contributed by atoms with Crippen molar-refractivity contribution >= 4 is 17.8 Å². The minimum atomic E-state index is -0.0776. The molecule has 0 aromatic heterocycles. The first-order valence-electron chi connectivity index (χ1n) is 10.1. The van der Waals surface area contributed by atoms with Gasteiger partial charge in [0.05, 0.1) is 6.04 Å². The summed E-state index contributed by atoms with van der Waals surface area (Å²) >= 11 is 1.87. The minimum absolute atomic E-state index is 0.0543. The van der Waals surface area contributed by atoms with Crippen molar-refractivity contribution in [3.63, 3.8) is 0 Å². The van der Waals surface area contributed by atoms with Gasteiger partial charge in [-0.15, -0.1) is 11.8 Å². The number of benzene rings is 2. The van der Waals surface area contributed by atoms with Gasteiger partial charge in [0, 0.05) is 35.8 Å². The Bertz CT molecular complexity index is 833. The van der Waals surface area contributed by atoms with E-state index in [9.17, 15) is 4.79 Å². The second-order valence-corrected chi connectivity index (χ2v) is 8.90. The number of ether oxygens (including phenoxy) is 1. The summed E-state index contributed by atoms with van der Waals surface area (Å²) in [6.45, 7) is 4.27. The third-order valence-electron chi connectivity index (χ3n) is 6.02. The second-order valence-electron chi connectivity index (χ2n) is 7.76. The molecule has 2 aliphatic rings. The first-order valence-corrected chi connectivity index (χ1v) is 11.1. The summed E-state index contributed by atoms with van der Waals surface area (Å²) in [5.74, 6) is 1.03. The highest BCUT2D eigenvalue weighted by Crippen LogP contribution is 2.37. The standard InChI is InChI=1S/C23H28N2O2S/c1-17-6-2-4-8-19(17)23(11-13-27-14-12-23)16-24-22(26)25-20-10-15-28-21-9-5-3-7-18(20)21/h2-9,20H,10-16H2,1H3,(H2,24,25,26). The molecule has 1 saturated heterocycles. The lowest BCUT2D eigenvalue weighted by Crippen LogP contribution is -2.48. The number of amides is 2. The van der Waals surface area contributed by atoms with E-state index in [4.69, 9.17) is 4.74 Å². The quantitative estimate of drug-likeness (QED) is 0.795. The maximum absolute atomic E-state index is 12.8. The number of aryl methyl sites for hydroxylation is 1. The Labute approximate surface area is 171 Å². The molecule has 2 heterocycles. The molecule has 2 aromatic carbocycles. The number of urea groups is 1. The van der Waals surface area contributed by atoms with Crippen molar-refractivity contribution in [2.75, 3.05) is 25.5 Å². The van der Waals surface area contributed by atoms with E-state index >= 15 is 0 Å². The van der Waals surface area contributed by atoms with E-state index in [1.165, 1.54) is 21.6 Å². The molecule has 2 amide bonds. The van der Waals surface area contributed by atoms with E-state index in [1.54, 1.807) is 0 Å². The van der Waals surface area contributed by atoms with Crippen molar-refractivity contribution in [1.29, 1.82) is 0 Å². The molecule has 0 spiro atoms. The molecule has 0 saturated carbocycles. The van der Waals surface area contributed by atoms with Crippen LogP contribution in [0, 0.1) is 6.92 Å². The van der Waals surface area contributed by atoms with Crippen LogP contribution in [-0.4, -0.2) is 31.5 Å². The van der Waals surface area contributed by atoms with E-state index < -0.39 is 0 Å². The van der Waals surface area contributed by atoms with Gasteiger partial charge in [-0.25, -0.2) is 4.79 Å². The van der Waals surface area contributed by atoms with E-state index in [2.05, 4.69) is 60.0 Å². The monoisotopic (exact) mass is 396 g/mol. The molecule has 0 bridgehead atoms. The van der Waals surface area contributed by atoms with E-state index in [1.807, 2.05) is 17.8 Å². The van der Waals surface area contributed by atoms with Crippen LogP contribution in [0.25, 0.3) is 0 Å². The van der Waals surface area contributed by atoms with Crippen molar-refractivity contribution < 1.29 is 9.53 Å². The number of hydrogen-bond acceptors (Lipinski definition) is 3. The molecule has 148 valence electrons. The molecule has 2 N–H and O–H groups in total. The summed E-state index contributed by atoms with van der Waals surface area (Å²) in [5.41, 5.74) is 3.79. The molecule has 4 nitrogen and oxygen atoms in total. The maximum Gasteiger partial charge on any atom is 0.315 e. The second kappa shape index (κ2) is 8.58. The smallest absolute Gasteiger partial charge is 0.315 e. The highest BCUT2D eigenvalue weighted by atomic mass is 32.2. The fourth-order valence-electron chi connectivity index (χ4n) is 4.42. The van der Waals surface area contributed by atoms with E-state index in [0.29, 0.717) is 6.54 Å². The third-order valence-corrected chi connectivity index (χ3v) is 7.14. The topological polar surface area (TPSA) is 50.4 Å². The minimum Gasteiger partial charge on any atom is -0.381 e. The molecular formula is C23H28N2O2S. The van der Waals surface area contributed by atoms with Crippen LogP contribution in [0.4, 0.5) is 4.79 Å². The van der Waals surface area contributed by atoms with Crippen molar-refractivity contribution in [2.24, 2.45) is 0 Å². The molecule has 1 atom stereocenters. The van der Waals surface area contributed by atoms with E-state index in [-0.39, 0.29) is 17.5 Å². The highest BCUT2D eigenvalue weighted by Gasteiger charge is 2.36. The van der Waals surface area contributed by atoms with Crippen molar-refractivity contribution in [1.82, 2.24) is 10.6 Å². The summed E-state index contributed by atoms with van der Waals surface area (Å²) in [6, 6.07) is 16.9. The zero-order valence-corrected chi connectivity index (χ0v) is 17.2. The molecule has 1 unspecified atom stereocenters. The largest absolute Gasteiger partial charge is 0.381 e. The molecule has 0 aliphatic carbocycles. The molecular weight excluding hydrogens is 368 g/mol. The van der Waals surface area contributed by atoms with Gasteiger partial charge in [0.25, 0.3) is 0 Å². The van der Waals surface area contributed by atoms with Crippen LogP contribution in [0.15, 0.2) is 53.4 Å². The number of thioether (sulfide) groups is 1. The SMILES string of the molecule is Cc1ccccc1C1(CNC(=O)NC2CCSc3ccccc32)CCOCC1. The predicted octanol–water partition coefficient (Wildman–Crippen LogP) is 4.58. The average molecular weight is 397 g/mol. The summed E-state index contributed by atoms with van der Waals surface area (Å²) in [4.78, 5) is 14.0. The zero-order chi connectivity index (χ0) is 19.4. The van der Waals surface area contributed by atoms with Crippen LogP contribution in [0.1, 0.15) is 42.0 Å². The number of carbonyl (C=O) groups is 1. The Morgan fingerprint density at radius 2 is 1.89 bits per heavy atom. The fraction of sp³-hybridized carbons (Fsp3) is 0.435. The van der Waals surface area contributed by atoms with Crippen LogP contribution < -0.4 is 10.6 Å². The van der Waals surface area contributed by atoms with Crippen LogP contribution in [0.2, 0.25) is 0 Å². The van der Waals surface area contributed by atoms with Crippen LogP contribution in [-0.2, 0) is 10.2 Å². The summed E-state index contributed by atoms with van der Waals surface area (Å²) in [7, 11) is 0. The van der Waals surface area contributed by atoms with Gasteiger partial charge in [-0.05, 0) is 48.9 Å². The predicted molar refractivity (Wildman–Crippen MR) is 114 cm³/mol. The zero-order valence-electron chi connectivity index (χ0n) is 16.4. The van der Waals surface area contributed by atoms with Gasteiger partial charge in [0.15, 0.2) is 0 Å². The number of nitrogens with one attached hydrogen (secondary N) is 2. The molecule has 2 aliphatic heterocycles. The number of fused-ring (bicyclic) bond motifs is 1. The molecule has 2 aromatic rings. The molecule has 4 rings (SSSR count). The van der Waals surface area contributed by atoms with Gasteiger partial charge in [0.1, 0.15) is 0 Å². The van der Waals surface area contributed by atoms with Gasteiger partial charge in [-0.3, -0.25) is 0 Å². The summed E-state index contributed by atoms with van der Waals surface area (Å²) in [5, 5.41) is 6.39. The number of carbonyl (C=O) groups excluding carboxylic acids is 1. The summed E-state index contributed by atoms with van der Waals surface area (Å²) in [6.07, 6.45) is 2.83.